The zero-order chi connectivity index (χ0) is 20.0. The largest absolute Gasteiger partial charge is 0.466 e. The minimum Gasteiger partial charge on any atom is -0.466 e. The topological polar surface area (TPSA) is 107 Å². The van der Waals surface area contributed by atoms with Crippen molar-refractivity contribution in [2.24, 2.45) is 0 Å². The van der Waals surface area contributed by atoms with E-state index in [-0.39, 0.29) is 27.4 Å². The molecule has 0 fully saturated rings. The number of hydrogen-bond acceptors (Lipinski definition) is 7. The average Bonchev–Trinajstić information content (AvgIpc) is 2.67. The van der Waals surface area contributed by atoms with Crippen LogP contribution in [-0.4, -0.2) is 47.2 Å². The second-order valence-electron chi connectivity index (χ2n) is 6.36. The first-order chi connectivity index (χ1) is 12.6. The molecule has 0 bridgehead atoms. The molecule has 146 valence electrons. The SMILES string of the molecule is COC(=O)C1=C(C)NC2=C(C1c1ccccc1F)S(=O)(=O)CCS(=O)(=O)C2. The van der Waals surface area contributed by atoms with E-state index in [9.17, 15) is 26.0 Å². The quantitative estimate of drug-likeness (QED) is 0.719. The van der Waals surface area contributed by atoms with Crippen molar-refractivity contribution in [2.75, 3.05) is 24.4 Å². The predicted molar refractivity (Wildman–Crippen MR) is 96.5 cm³/mol. The third-order valence-electron chi connectivity index (χ3n) is 4.57. The van der Waals surface area contributed by atoms with Crippen molar-refractivity contribution in [2.45, 2.75) is 12.8 Å². The van der Waals surface area contributed by atoms with E-state index in [1.165, 1.54) is 25.1 Å². The van der Waals surface area contributed by atoms with Crippen LogP contribution < -0.4 is 5.32 Å². The van der Waals surface area contributed by atoms with Gasteiger partial charge in [0.1, 0.15) is 5.82 Å². The Balaban J connectivity index is 2.36. The molecule has 27 heavy (non-hydrogen) atoms. The average molecular weight is 415 g/mol. The maximum absolute atomic E-state index is 14.6. The minimum absolute atomic E-state index is 0.0332. The number of halogens is 1. The van der Waals surface area contributed by atoms with Gasteiger partial charge in [-0.2, -0.15) is 0 Å². The van der Waals surface area contributed by atoms with Crippen LogP contribution >= 0.6 is 0 Å². The summed E-state index contributed by atoms with van der Waals surface area (Å²) in [6.07, 6.45) is 0. The molecular formula is C17H18FNO6S2. The maximum atomic E-state index is 14.6. The number of rotatable bonds is 2. The van der Waals surface area contributed by atoms with Gasteiger partial charge in [-0.3, -0.25) is 0 Å². The number of hydrogen-bond donors (Lipinski definition) is 1. The molecule has 1 N–H and O–H groups in total. The minimum atomic E-state index is -4.07. The molecule has 0 spiro atoms. The van der Waals surface area contributed by atoms with Crippen LogP contribution in [0.5, 0.6) is 0 Å². The van der Waals surface area contributed by atoms with E-state index >= 15 is 0 Å². The highest BCUT2D eigenvalue weighted by Gasteiger charge is 2.44. The summed E-state index contributed by atoms with van der Waals surface area (Å²) in [5, 5.41) is 2.73. The van der Waals surface area contributed by atoms with Crippen LogP contribution in [0.3, 0.4) is 0 Å². The molecule has 1 aromatic carbocycles. The summed E-state index contributed by atoms with van der Waals surface area (Å²) in [4.78, 5) is 12.1. The van der Waals surface area contributed by atoms with Gasteiger partial charge in [0, 0.05) is 17.0 Å². The van der Waals surface area contributed by atoms with Gasteiger partial charge in [-0.1, -0.05) is 18.2 Å². The van der Waals surface area contributed by atoms with Crippen molar-refractivity contribution in [1.82, 2.24) is 5.32 Å². The number of nitrogens with one attached hydrogen (secondary N) is 1. The second-order valence-corrected chi connectivity index (χ2v) is 10.6. The lowest BCUT2D eigenvalue weighted by Gasteiger charge is -2.31. The number of carbonyl (C=O) groups excluding carboxylic acids is 1. The molecule has 10 heteroatoms. The summed E-state index contributed by atoms with van der Waals surface area (Å²) >= 11 is 0. The normalized spacial score (nSPS) is 23.9. The Hall–Kier alpha value is -2.20. The van der Waals surface area contributed by atoms with Crippen molar-refractivity contribution >= 4 is 25.6 Å². The van der Waals surface area contributed by atoms with Crippen LogP contribution in [0.4, 0.5) is 4.39 Å². The highest BCUT2D eigenvalue weighted by atomic mass is 32.2. The highest BCUT2D eigenvalue weighted by molar-refractivity contribution is 7.98. The summed E-state index contributed by atoms with van der Waals surface area (Å²) in [5.41, 5.74) is 0.0744. The molecule has 0 aliphatic carbocycles. The molecule has 1 atom stereocenters. The van der Waals surface area contributed by atoms with Gasteiger partial charge < -0.3 is 10.1 Å². The molecular weight excluding hydrogens is 397 g/mol. The Labute approximate surface area is 156 Å². The molecule has 1 aromatic rings. The Morgan fingerprint density at radius 1 is 1.19 bits per heavy atom. The van der Waals surface area contributed by atoms with E-state index in [0.29, 0.717) is 0 Å². The van der Waals surface area contributed by atoms with E-state index < -0.39 is 54.6 Å². The lowest BCUT2D eigenvalue weighted by Crippen LogP contribution is -2.34. The molecule has 0 saturated heterocycles. The zero-order valence-electron chi connectivity index (χ0n) is 14.7. The maximum Gasteiger partial charge on any atom is 0.336 e. The van der Waals surface area contributed by atoms with Gasteiger partial charge in [0.25, 0.3) is 0 Å². The zero-order valence-corrected chi connectivity index (χ0v) is 16.3. The first-order valence-corrected chi connectivity index (χ1v) is 11.5. The Morgan fingerprint density at radius 3 is 2.48 bits per heavy atom. The fraction of sp³-hybridized carbons (Fsp3) is 0.353. The summed E-state index contributed by atoms with van der Waals surface area (Å²) in [6, 6.07) is 5.49. The number of benzene rings is 1. The predicted octanol–water partition coefficient (Wildman–Crippen LogP) is 1.01. The van der Waals surface area contributed by atoms with E-state index in [0.717, 1.165) is 13.2 Å². The van der Waals surface area contributed by atoms with Gasteiger partial charge in [0.05, 0.1) is 40.8 Å². The number of carbonyl (C=O) groups is 1. The standard InChI is InChI=1S/C17H18FNO6S2/c1-10-14(17(20)25-2)15(11-5-3-4-6-12(11)18)16-13(19-10)9-26(21,22)7-8-27(16,23)24/h3-6,15,19H,7-9H2,1-2H3. The molecule has 0 amide bonds. The van der Waals surface area contributed by atoms with Gasteiger partial charge in [-0.05, 0) is 13.0 Å². The summed E-state index contributed by atoms with van der Waals surface area (Å²) < 4.78 is 69.6. The van der Waals surface area contributed by atoms with Crippen LogP contribution in [0, 0.1) is 5.82 Å². The van der Waals surface area contributed by atoms with Crippen LogP contribution in [0.1, 0.15) is 18.4 Å². The number of allylic oxidation sites excluding steroid dienone is 2. The monoisotopic (exact) mass is 415 g/mol. The molecule has 3 rings (SSSR count). The van der Waals surface area contributed by atoms with Gasteiger partial charge in [0.15, 0.2) is 19.7 Å². The smallest absolute Gasteiger partial charge is 0.336 e. The van der Waals surface area contributed by atoms with E-state index in [1.54, 1.807) is 0 Å². The molecule has 1 unspecified atom stereocenters. The van der Waals surface area contributed by atoms with Crippen molar-refractivity contribution in [1.29, 1.82) is 0 Å². The molecule has 2 aliphatic rings. The van der Waals surface area contributed by atoms with Gasteiger partial charge >= 0.3 is 5.97 Å². The molecule has 7 nitrogen and oxygen atoms in total. The van der Waals surface area contributed by atoms with Crippen LogP contribution in [-0.2, 0) is 29.2 Å². The lowest BCUT2D eigenvalue weighted by atomic mass is 9.86. The van der Waals surface area contributed by atoms with Gasteiger partial charge in [-0.15, -0.1) is 0 Å². The third kappa shape index (κ3) is 3.51. The molecule has 0 radical (unpaired) electrons. The first kappa shape index (κ1) is 19.6. The number of dihydropyridines is 1. The van der Waals surface area contributed by atoms with Crippen LogP contribution in [0.2, 0.25) is 0 Å². The van der Waals surface area contributed by atoms with Crippen molar-refractivity contribution < 1.29 is 30.8 Å². The Bertz CT molecular complexity index is 1090. The Kier molecular flexibility index (Phi) is 4.89. The van der Waals surface area contributed by atoms with Gasteiger partial charge in [0.2, 0.25) is 0 Å². The Morgan fingerprint density at radius 2 is 1.85 bits per heavy atom. The van der Waals surface area contributed by atoms with Crippen LogP contribution in [0.15, 0.2) is 46.1 Å². The second kappa shape index (κ2) is 6.75. The number of sulfone groups is 2. The fourth-order valence-corrected chi connectivity index (χ4v) is 7.50. The number of methoxy groups -OCH3 is 1. The van der Waals surface area contributed by atoms with Crippen molar-refractivity contribution in [3.05, 3.63) is 57.5 Å². The first-order valence-electron chi connectivity index (χ1n) is 8.04. The molecule has 2 aliphatic heterocycles. The molecule has 0 aromatic heterocycles. The van der Waals surface area contributed by atoms with E-state index in [2.05, 4.69) is 5.32 Å². The summed E-state index contributed by atoms with van der Waals surface area (Å²) in [6.45, 7) is 1.49. The third-order valence-corrected chi connectivity index (χ3v) is 8.28. The number of esters is 1. The van der Waals surface area contributed by atoms with Crippen LogP contribution in [0.25, 0.3) is 0 Å². The van der Waals surface area contributed by atoms with Gasteiger partial charge in [-0.25, -0.2) is 26.0 Å². The highest BCUT2D eigenvalue weighted by Crippen LogP contribution is 2.43. The fourth-order valence-electron chi connectivity index (χ4n) is 3.38. The van der Waals surface area contributed by atoms with E-state index in [4.69, 9.17) is 4.74 Å². The van der Waals surface area contributed by atoms with Crippen molar-refractivity contribution in [3.63, 3.8) is 0 Å². The summed E-state index contributed by atoms with van der Waals surface area (Å²) in [5.74, 6) is -4.50. The molecule has 0 saturated carbocycles. The summed E-state index contributed by atoms with van der Waals surface area (Å²) in [7, 11) is -6.61. The van der Waals surface area contributed by atoms with E-state index in [1.807, 2.05) is 0 Å². The number of ether oxygens (including phenoxy) is 1. The lowest BCUT2D eigenvalue weighted by molar-refractivity contribution is -0.136. The van der Waals surface area contributed by atoms with Crippen molar-refractivity contribution in [3.8, 4) is 0 Å². The molecule has 2 heterocycles.